The molecule has 0 atom stereocenters. The molecule has 1 aromatic carbocycles. The van der Waals surface area contributed by atoms with Crippen LogP contribution >= 0.6 is 15.9 Å². The fourth-order valence-corrected chi connectivity index (χ4v) is 2.55. The van der Waals surface area contributed by atoms with Crippen LogP contribution in [0.3, 0.4) is 0 Å². The van der Waals surface area contributed by atoms with Crippen LogP contribution in [0.2, 0.25) is 0 Å². The molecule has 3 rings (SSSR count). The van der Waals surface area contributed by atoms with E-state index < -0.39 is 0 Å². The van der Waals surface area contributed by atoms with Crippen molar-refractivity contribution in [2.75, 3.05) is 36.6 Å². The second-order valence-electron chi connectivity index (χ2n) is 4.93. The van der Waals surface area contributed by atoms with E-state index >= 15 is 0 Å². The molecule has 8 heteroatoms. The van der Waals surface area contributed by atoms with Gasteiger partial charge in [-0.3, -0.25) is 5.43 Å². The molecule has 1 aliphatic heterocycles. The van der Waals surface area contributed by atoms with Gasteiger partial charge < -0.3 is 14.7 Å². The Hall–Kier alpha value is -2.19. The van der Waals surface area contributed by atoms with Gasteiger partial charge in [-0.15, -0.1) is 0 Å². The number of anilines is 2. The maximum Gasteiger partial charge on any atom is 0.151 e. The maximum absolute atomic E-state index is 9.76. The zero-order valence-corrected chi connectivity index (χ0v) is 13.9. The molecule has 2 aromatic rings. The number of aromatic nitrogens is 2. The number of morpholine rings is 1. The average molecular weight is 378 g/mol. The second kappa shape index (κ2) is 7.38. The molecule has 7 nitrogen and oxygen atoms in total. The molecule has 1 aromatic heterocycles. The first-order valence-corrected chi connectivity index (χ1v) is 7.94. The van der Waals surface area contributed by atoms with Gasteiger partial charge in [0, 0.05) is 29.2 Å². The number of nitrogens with one attached hydrogen (secondary N) is 1. The van der Waals surface area contributed by atoms with Gasteiger partial charge >= 0.3 is 0 Å². The van der Waals surface area contributed by atoms with Crippen molar-refractivity contribution in [1.29, 1.82) is 0 Å². The van der Waals surface area contributed by atoms with Gasteiger partial charge in [0.15, 0.2) is 5.82 Å². The molecule has 2 heterocycles. The molecular weight excluding hydrogens is 362 g/mol. The van der Waals surface area contributed by atoms with E-state index in [0.29, 0.717) is 24.6 Å². The number of halogens is 1. The zero-order valence-electron chi connectivity index (χ0n) is 12.3. The lowest BCUT2D eigenvalue weighted by Crippen LogP contribution is -2.36. The van der Waals surface area contributed by atoms with Crippen LogP contribution in [-0.4, -0.2) is 47.6 Å². The second-order valence-corrected chi connectivity index (χ2v) is 5.85. The van der Waals surface area contributed by atoms with Gasteiger partial charge in [0.25, 0.3) is 0 Å². The van der Waals surface area contributed by atoms with E-state index in [2.05, 4.69) is 41.3 Å². The lowest BCUT2D eigenvalue weighted by atomic mass is 10.2. The Morgan fingerprint density at radius 1 is 1.26 bits per heavy atom. The standard InChI is InChI=1S/C15H16BrN5O2/c16-12-1-2-13(22)11(7-12)9-19-20-14-8-15(18-10-17-14)21-3-5-23-6-4-21/h1-2,7-10,22H,3-6H2,(H,17,18,20). The van der Waals surface area contributed by atoms with E-state index in [1.165, 1.54) is 12.5 Å². The van der Waals surface area contributed by atoms with Crippen LogP contribution in [0.5, 0.6) is 5.75 Å². The molecule has 120 valence electrons. The lowest BCUT2D eigenvalue weighted by Gasteiger charge is -2.27. The third-order valence-electron chi connectivity index (χ3n) is 3.36. The third-order valence-corrected chi connectivity index (χ3v) is 3.85. The Balaban J connectivity index is 1.68. The summed E-state index contributed by atoms with van der Waals surface area (Å²) in [6, 6.07) is 6.98. The van der Waals surface area contributed by atoms with E-state index in [1.807, 2.05) is 6.07 Å². The number of aromatic hydroxyl groups is 1. The number of hydrazone groups is 1. The summed E-state index contributed by atoms with van der Waals surface area (Å²) in [6.45, 7) is 3.03. The Kier molecular flexibility index (Phi) is 5.04. The fraction of sp³-hybridized carbons (Fsp3) is 0.267. The molecule has 2 N–H and O–H groups in total. The topological polar surface area (TPSA) is 82.9 Å². The summed E-state index contributed by atoms with van der Waals surface area (Å²) < 4.78 is 6.20. The molecule has 23 heavy (non-hydrogen) atoms. The van der Waals surface area contributed by atoms with Crippen LogP contribution in [0, 0.1) is 0 Å². The van der Waals surface area contributed by atoms with Crippen LogP contribution in [0.25, 0.3) is 0 Å². The average Bonchev–Trinajstić information content (AvgIpc) is 2.59. The Morgan fingerprint density at radius 2 is 2.09 bits per heavy atom. The number of phenolic OH excluding ortho intramolecular Hbond substituents is 1. The van der Waals surface area contributed by atoms with Gasteiger partial charge in [-0.2, -0.15) is 5.10 Å². The first kappa shape index (κ1) is 15.7. The quantitative estimate of drug-likeness (QED) is 0.627. The molecule has 0 radical (unpaired) electrons. The van der Waals surface area contributed by atoms with Crippen molar-refractivity contribution < 1.29 is 9.84 Å². The number of rotatable bonds is 4. The summed E-state index contributed by atoms with van der Waals surface area (Å²) in [5.74, 6) is 1.59. The number of benzene rings is 1. The van der Waals surface area contributed by atoms with Gasteiger partial charge in [-0.1, -0.05) is 15.9 Å². The molecule has 1 fully saturated rings. The van der Waals surface area contributed by atoms with E-state index in [9.17, 15) is 5.11 Å². The lowest BCUT2D eigenvalue weighted by molar-refractivity contribution is 0.122. The zero-order chi connectivity index (χ0) is 16.1. The molecule has 0 spiro atoms. The molecule has 1 aliphatic rings. The first-order valence-electron chi connectivity index (χ1n) is 7.15. The summed E-state index contributed by atoms with van der Waals surface area (Å²) in [7, 11) is 0. The smallest absolute Gasteiger partial charge is 0.151 e. The van der Waals surface area contributed by atoms with Crippen LogP contribution in [0.4, 0.5) is 11.6 Å². The number of hydrogen-bond acceptors (Lipinski definition) is 7. The Bertz CT molecular complexity index is 704. The highest BCUT2D eigenvalue weighted by atomic mass is 79.9. The van der Waals surface area contributed by atoms with E-state index in [1.54, 1.807) is 18.2 Å². The van der Waals surface area contributed by atoms with Crippen LogP contribution in [0.1, 0.15) is 5.56 Å². The molecule has 0 saturated carbocycles. The van der Waals surface area contributed by atoms with Crippen LogP contribution < -0.4 is 10.3 Å². The minimum Gasteiger partial charge on any atom is -0.507 e. The Morgan fingerprint density at radius 3 is 2.91 bits per heavy atom. The van der Waals surface area contributed by atoms with Crippen molar-refractivity contribution in [3.63, 3.8) is 0 Å². The Labute approximate surface area is 142 Å². The van der Waals surface area contributed by atoms with Crippen LogP contribution in [-0.2, 0) is 4.74 Å². The van der Waals surface area contributed by atoms with Gasteiger partial charge in [0.1, 0.15) is 17.9 Å². The van der Waals surface area contributed by atoms with Crippen molar-refractivity contribution in [3.8, 4) is 5.75 Å². The number of phenols is 1. The highest BCUT2D eigenvalue weighted by molar-refractivity contribution is 9.10. The van der Waals surface area contributed by atoms with Crippen molar-refractivity contribution in [2.45, 2.75) is 0 Å². The van der Waals surface area contributed by atoms with Gasteiger partial charge in [0.05, 0.1) is 19.4 Å². The van der Waals surface area contributed by atoms with Gasteiger partial charge in [0.2, 0.25) is 0 Å². The summed E-state index contributed by atoms with van der Waals surface area (Å²) in [5.41, 5.74) is 3.46. The highest BCUT2D eigenvalue weighted by Gasteiger charge is 2.12. The molecule has 1 saturated heterocycles. The van der Waals surface area contributed by atoms with E-state index in [4.69, 9.17) is 4.74 Å². The summed E-state index contributed by atoms with van der Waals surface area (Å²) in [6.07, 6.45) is 3.04. The maximum atomic E-state index is 9.76. The number of ether oxygens (including phenoxy) is 1. The van der Waals surface area contributed by atoms with E-state index in [0.717, 1.165) is 23.4 Å². The van der Waals surface area contributed by atoms with Crippen LogP contribution in [0.15, 0.2) is 40.2 Å². The SMILES string of the molecule is Oc1ccc(Br)cc1C=NNc1cc(N2CCOCC2)ncn1. The summed E-state index contributed by atoms with van der Waals surface area (Å²) >= 11 is 3.36. The fourth-order valence-electron chi connectivity index (χ4n) is 2.17. The predicted octanol–water partition coefficient (Wildman–Crippen LogP) is 2.23. The monoisotopic (exact) mass is 377 g/mol. The molecule has 0 bridgehead atoms. The molecular formula is C15H16BrN5O2. The minimum atomic E-state index is 0.162. The third kappa shape index (κ3) is 4.17. The van der Waals surface area contributed by atoms with E-state index in [-0.39, 0.29) is 5.75 Å². The molecule has 0 aliphatic carbocycles. The number of hydrogen-bond donors (Lipinski definition) is 2. The van der Waals surface area contributed by atoms with Crippen molar-refractivity contribution in [3.05, 3.63) is 40.6 Å². The minimum absolute atomic E-state index is 0.162. The molecule has 0 unspecified atom stereocenters. The van der Waals surface area contributed by atoms with Gasteiger partial charge in [-0.05, 0) is 18.2 Å². The normalized spacial score (nSPS) is 15.1. The largest absolute Gasteiger partial charge is 0.507 e. The highest BCUT2D eigenvalue weighted by Crippen LogP contribution is 2.20. The van der Waals surface area contributed by atoms with Crippen molar-refractivity contribution >= 4 is 33.8 Å². The summed E-state index contributed by atoms with van der Waals surface area (Å²) in [4.78, 5) is 10.6. The first-order chi connectivity index (χ1) is 11.2. The van der Waals surface area contributed by atoms with Crippen molar-refractivity contribution in [2.24, 2.45) is 5.10 Å². The number of nitrogens with zero attached hydrogens (tertiary/aromatic N) is 4. The predicted molar refractivity (Wildman–Crippen MR) is 92.1 cm³/mol. The van der Waals surface area contributed by atoms with Gasteiger partial charge in [-0.25, -0.2) is 9.97 Å². The molecule has 0 amide bonds. The van der Waals surface area contributed by atoms with Crippen molar-refractivity contribution in [1.82, 2.24) is 9.97 Å². The summed E-state index contributed by atoms with van der Waals surface area (Å²) in [5, 5.41) is 13.9.